The summed E-state index contributed by atoms with van der Waals surface area (Å²) in [6.45, 7) is 0. The molecule has 1 aromatic heterocycles. The van der Waals surface area contributed by atoms with E-state index in [0.717, 1.165) is 0 Å². The monoisotopic (exact) mass is 526 g/mol. The minimum absolute atomic E-state index is 0.0154. The van der Waals surface area contributed by atoms with Gasteiger partial charge in [0.05, 0.1) is 47.0 Å². The van der Waals surface area contributed by atoms with Crippen molar-refractivity contribution in [1.82, 2.24) is 9.97 Å². The quantitative estimate of drug-likeness (QED) is 0.335. The van der Waals surface area contributed by atoms with Gasteiger partial charge in [0.1, 0.15) is 0 Å². The number of hydrogen-bond acceptors (Lipinski definition) is 9. The van der Waals surface area contributed by atoms with Gasteiger partial charge in [-0.25, -0.2) is 28.0 Å². The number of fused-ring (bicyclic) bond motifs is 1. The van der Waals surface area contributed by atoms with Crippen molar-refractivity contribution in [2.45, 2.75) is 4.90 Å². The third-order valence-corrected chi connectivity index (χ3v) is 6.63. The van der Waals surface area contributed by atoms with Crippen LogP contribution in [-0.4, -0.2) is 44.5 Å². The van der Waals surface area contributed by atoms with Gasteiger partial charge in [0.15, 0.2) is 11.6 Å². The van der Waals surface area contributed by atoms with Crippen molar-refractivity contribution in [3.63, 3.8) is 0 Å². The number of rotatable bonds is 7. The highest BCUT2D eigenvalue weighted by Crippen LogP contribution is 2.30. The zero-order valence-corrected chi connectivity index (χ0v) is 20.6. The van der Waals surface area contributed by atoms with Crippen LogP contribution in [0.5, 0.6) is 0 Å². The maximum atomic E-state index is 13.1. The Kier molecular flexibility index (Phi) is 7.04. The van der Waals surface area contributed by atoms with Crippen molar-refractivity contribution in [3.8, 4) is 0 Å². The summed E-state index contributed by atoms with van der Waals surface area (Å²) in [5.74, 6) is -1.48. The van der Waals surface area contributed by atoms with Gasteiger partial charge in [-0.05, 0) is 54.6 Å². The summed E-state index contributed by atoms with van der Waals surface area (Å²) >= 11 is 5.88. The van der Waals surface area contributed by atoms with Crippen LogP contribution >= 0.6 is 11.6 Å². The number of hydrogen-bond donors (Lipinski definition) is 2. The topological polar surface area (TPSA) is 137 Å². The molecule has 0 saturated heterocycles. The first-order chi connectivity index (χ1) is 17.2. The van der Waals surface area contributed by atoms with Crippen molar-refractivity contribution in [3.05, 3.63) is 82.9 Å². The van der Waals surface area contributed by atoms with Gasteiger partial charge in [-0.2, -0.15) is 0 Å². The van der Waals surface area contributed by atoms with Crippen molar-refractivity contribution in [2.75, 3.05) is 24.3 Å². The summed E-state index contributed by atoms with van der Waals surface area (Å²) in [4.78, 5) is 33.3. The lowest BCUT2D eigenvalue weighted by Crippen LogP contribution is -2.16. The Bertz CT molecular complexity index is 1580. The Balaban J connectivity index is 1.84. The molecule has 184 valence electrons. The van der Waals surface area contributed by atoms with Crippen LogP contribution in [0.3, 0.4) is 0 Å². The number of aromatic nitrogens is 2. The Morgan fingerprint density at radius 1 is 0.833 bits per heavy atom. The first kappa shape index (κ1) is 24.9. The molecule has 0 aliphatic heterocycles. The maximum absolute atomic E-state index is 13.1. The van der Waals surface area contributed by atoms with E-state index >= 15 is 0 Å². The Morgan fingerprint density at radius 3 is 2.06 bits per heavy atom. The predicted octanol–water partition coefficient (Wildman–Crippen LogP) is 4.40. The number of para-hydroxylation sites is 2. The summed E-state index contributed by atoms with van der Waals surface area (Å²) in [5, 5.41) is 3.30. The normalized spacial score (nSPS) is 11.1. The minimum Gasteiger partial charge on any atom is -0.465 e. The molecule has 0 unspecified atom stereocenters. The van der Waals surface area contributed by atoms with Crippen LogP contribution in [0.1, 0.15) is 20.7 Å². The zero-order chi connectivity index (χ0) is 25.9. The molecule has 4 rings (SSSR count). The molecule has 0 atom stereocenters. The van der Waals surface area contributed by atoms with Gasteiger partial charge >= 0.3 is 11.9 Å². The first-order valence-electron chi connectivity index (χ1n) is 10.3. The van der Waals surface area contributed by atoms with Crippen LogP contribution in [0.15, 0.2) is 71.6 Å². The highest BCUT2D eigenvalue weighted by Gasteiger charge is 2.22. The van der Waals surface area contributed by atoms with E-state index in [1.165, 1.54) is 56.7 Å². The van der Waals surface area contributed by atoms with Crippen molar-refractivity contribution in [2.24, 2.45) is 0 Å². The number of carbonyl (C=O) groups excluding carboxylic acids is 2. The number of sulfonamides is 1. The van der Waals surface area contributed by atoms with Gasteiger partial charge in [-0.1, -0.05) is 23.7 Å². The molecule has 4 aromatic rings. The molecule has 0 amide bonds. The second kappa shape index (κ2) is 10.2. The molecular formula is C24H19ClN4O6S. The van der Waals surface area contributed by atoms with Crippen molar-refractivity contribution >= 4 is 61.9 Å². The lowest BCUT2D eigenvalue weighted by Gasteiger charge is -2.16. The zero-order valence-electron chi connectivity index (χ0n) is 19.0. The number of nitrogens with one attached hydrogen (secondary N) is 2. The van der Waals surface area contributed by atoms with Gasteiger partial charge in [0.2, 0.25) is 0 Å². The molecule has 1 heterocycles. The second-order valence-electron chi connectivity index (χ2n) is 7.34. The third kappa shape index (κ3) is 5.21. The number of esters is 2. The summed E-state index contributed by atoms with van der Waals surface area (Å²) in [5.41, 5.74) is 1.23. The number of carbonyl (C=O) groups is 2. The number of benzene rings is 3. The van der Waals surface area contributed by atoms with Crippen LogP contribution in [0.25, 0.3) is 11.0 Å². The fraction of sp³-hybridized carbons (Fsp3) is 0.0833. The molecule has 0 saturated carbocycles. The number of halogens is 1. The summed E-state index contributed by atoms with van der Waals surface area (Å²) in [7, 11) is -1.65. The highest BCUT2D eigenvalue weighted by atomic mass is 35.5. The van der Waals surface area contributed by atoms with E-state index in [9.17, 15) is 18.0 Å². The smallest absolute Gasteiger partial charge is 0.339 e. The van der Waals surface area contributed by atoms with E-state index in [-0.39, 0.29) is 33.3 Å². The van der Waals surface area contributed by atoms with E-state index in [4.69, 9.17) is 21.1 Å². The van der Waals surface area contributed by atoms with Crippen LogP contribution in [0.2, 0.25) is 5.02 Å². The van der Waals surface area contributed by atoms with Gasteiger partial charge < -0.3 is 14.8 Å². The summed E-state index contributed by atoms with van der Waals surface area (Å²) in [6.07, 6.45) is 0. The average molecular weight is 527 g/mol. The molecule has 2 N–H and O–H groups in total. The molecule has 36 heavy (non-hydrogen) atoms. The first-order valence-corrected chi connectivity index (χ1v) is 12.2. The Labute approximate surface area is 211 Å². The molecule has 0 aliphatic carbocycles. The Morgan fingerprint density at radius 2 is 1.44 bits per heavy atom. The van der Waals surface area contributed by atoms with Crippen LogP contribution in [0.4, 0.5) is 17.3 Å². The van der Waals surface area contributed by atoms with E-state index in [1.54, 1.807) is 24.3 Å². The number of nitrogens with zero attached hydrogens (tertiary/aromatic N) is 2. The SMILES string of the molecule is COC(=O)c1ccc(C(=O)OC)c(Nc2nc3ccccc3nc2NS(=O)(=O)c2ccc(Cl)cc2)c1. The lowest BCUT2D eigenvalue weighted by atomic mass is 10.1. The van der Waals surface area contributed by atoms with Crippen LogP contribution < -0.4 is 10.0 Å². The van der Waals surface area contributed by atoms with Gasteiger partial charge in [-0.3, -0.25) is 4.72 Å². The molecule has 12 heteroatoms. The van der Waals surface area contributed by atoms with Gasteiger partial charge in [0.25, 0.3) is 10.0 Å². The van der Waals surface area contributed by atoms with Crippen LogP contribution in [-0.2, 0) is 19.5 Å². The van der Waals surface area contributed by atoms with E-state index in [0.29, 0.717) is 16.1 Å². The largest absolute Gasteiger partial charge is 0.465 e. The standard InChI is InChI=1S/C24H19ClN4O6S/c1-34-23(30)14-7-12-17(24(31)35-2)20(13-14)28-21-22(27-19-6-4-3-5-18(19)26-21)29-36(32,33)16-10-8-15(25)9-11-16/h3-13H,1-2H3,(H,26,28)(H,27,29). The fourth-order valence-corrected chi connectivity index (χ4v) is 4.40. The van der Waals surface area contributed by atoms with Crippen molar-refractivity contribution in [1.29, 1.82) is 0 Å². The second-order valence-corrected chi connectivity index (χ2v) is 9.46. The minimum atomic E-state index is -4.09. The van der Waals surface area contributed by atoms with E-state index < -0.39 is 22.0 Å². The predicted molar refractivity (Wildman–Crippen MR) is 134 cm³/mol. The van der Waals surface area contributed by atoms with E-state index in [2.05, 4.69) is 20.0 Å². The van der Waals surface area contributed by atoms with Gasteiger partial charge in [0, 0.05) is 5.02 Å². The lowest BCUT2D eigenvalue weighted by molar-refractivity contribution is 0.0587. The summed E-state index contributed by atoms with van der Waals surface area (Å²) < 4.78 is 38.2. The molecule has 3 aromatic carbocycles. The van der Waals surface area contributed by atoms with E-state index in [1.807, 2.05) is 0 Å². The maximum Gasteiger partial charge on any atom is 0.339 e. The molecule has 0 spiro atoms. The average Bonchev–Trinajstić information content (AvgIpc) is 2.88. The number of ether oxygens (including phenoxy) is 2. The Hall–Kier alpha value is -4.22. The highest BCUT2D eigenvalue weighted by molar-refractivity contribution is 7.92. The fourth-order valence-electron chi connectivity index (χ4n) is 3.27. The molecular weight excluding hydrogens is 508 g/mol. The molecule has 0 bridgehead atoms. The number of anilines is 3. The molecule has 0 aliphatic rings. The van der Waals surface area contributed by atoms with Gasteiger partial charge in [-0.15, -0.1) is 0 Å². The molecule has 0 radical (unpaired) electrons. The molecule has 0 fully saturated rings. The van der Waals surface area contributed by atoms with Crippen LogP contribution in [0, 0.1) is 0 Å². The third-order valence-electron chi connectivity index (χ3n) is 5.02. The number of methoxy groups -OCH3 is 2. The summed E-state index contributed by atoms with van der Waals surface area (Å²) in [6, 6.07) is 16.6. The van der Waals surface area contributed by atoms with Crippen molar-refractivity contribution < 1.29 is 27.5 Å². The molecule has 10 nitrogen and oxygen atoms in total.